The highest BCUT2D eigenvalue weighted by molar-refractivity contribution is 5.29. The molecule has 0 saturated carbocycles. The summed E-state index contributed by atoms with van der Waals surface area (Å²) in [6.07, 6.45) is 0. The SMILES string of the molecule is CC(NCC(c1ccccc1)N(C)C)c1cccc(O)c1. The number of nitrogens with one attached hydrogen (secondary N) is 1. The van der Waals surface area contributed by atoms with Gasteiger partial charge in [-0.1, -0.05) is 42.5 Å². The van der Waals surface area contributed by atoms with Gasteiger partial charge in [-0.15, -0.1) is 0 Å². The molecule has 0 fully saturated rings. The molecule has 2 unspecified atom stereocenters. The molecule has 2 aromatic carbocycles. The van der Waals surface area contributed by atoms with Gasteiger partial charge in [0.1, 0.15) is 5.75 Å². The Labute approximate surface area is 127 Å². The molecule has 0 radical (unpaired) electrons. The van der Waals surface area contributed by atoms with E-state index < -0.39 is 0 Å². The van der Waals surface area contributed by atoms with Crippen LogP contribution in [0.25, 0.3) is 0 Å². The van der Waals surface area contributed by atoms with Gasteiger partial charge in [0.25, 0.3) is 0 Å². The molecule has 0 aromatic heterocycles. The third-order valence-corrected chi connectivity index (χ3v) is 3.80. The van der Waals surface area contributed by atoms with Crippen molar-refractivity contribution in [2.75, 3.05) is 20.6 Å². The van der Waals surface area contributed by atoms with Crippen molar-refractivity contribution in [2.24, 2.45) is 0 Å². The van der Waals surface area contributed by atoms with Crippen molar-refractivity contribution in [2.45, 2.75) is 19.0 Å². The molecule has 21 heavy (non-hydrogen) atoms. The van der Waals surface area contributed by atoms with E-state index in [9.17, 15) is 5.11 Å². The lowest BCUT2D eigenvalue weighted by molar-refractivity contribution is 0.281. The zero-order valence-electron chi connectivity index (χ0n) is 13.0. The number of rotatable bonds is 6. The minimum atomic E-state index is 0.197. The lowest BCUT2D eigenvalue weighted by atomic mass is 10.0. The Hall–Kier alpha value is -1.84. The van der Waals surface area contributed by atoms with Crippen molar-refractivity contribution in [3.63, 3.8) is 0 Å². The smallest absolute Gasteiger partial charge is 0.115 e. The van der Waals surface area contributed by atoms with Crippen molar-refractivity contribution in [3.05, 3.63) is 65.7 Å². The molecule has 0 amide bonds. The maximum Gasteiger partial charge on any atom is 0.115 e. The number of phenolic OH excluding ortho intramolecular Hbond substituents is 1. The first-order valence-electron chi connectivity index (χ1n) is 7.31. The summed E-state index contributed by atoms with van der Waals surface area (Å²) < 4.78 is 0. The summed E-state index contributed by atoms with van der Waals surface area (Å²) in [7, 11) is 4.19. The second kappa shape index (κ2) is 7.25. The molecule has 0 aliphatic rings. The second-order valence-electron chi connectivity index (χ2n) is 5.62. The topological polar surface area (TPSA) is 35.5 Å². The Kier molecular flexibility index (Phi) is 5.37. The van der Waals surface area contributed by atoms with Gasteiger partial charge in [-0.3, -0.25) is 0 Å². The third kappa shape index (κ3) is 4.31. The highest BCUT2D eigenvalue weighted by Crippen LogP contribution is 2.21. The fourth-order valence-electron chi connectivity index (χ4n) is 2.47. The average Bonchev–Trinajstić information content (AvgIpc) is 2.48. The lowest BCUT2D eigenvalue weighted by Gasteiger charge is -2.27. The number of hydrogen-bond acceptors (Lipinski definition) is 3. The quantitative estimate of drug-likeness (QED) is 0.854. The van der Waals surface area contributed by atoms with E-state index in [1.54, 1.807) is 6.07 Å². The number of benzene rings is 2. The fourth-order valence-corrected chi connectivity index (χ4v) is 2.47. The zero-order valence-corrected chi connectivity index (χ0v) is 13.0. The van der Waals surface area contributed by atoms with Crippen molar-refractivity contribution in [3.8, 4) is 5.75 Å². The van der Waals surface area contributed by atoms with Gasteiger partial charge >= 0.3 is 0 Å². The second-order valence-corrected chi connectivity index (χ2v) is 5.62. The van der Waals surface area contributed by atoms with Gasteiger partial charge in [0, 0.05) is 18.6 Å². The van der Waals surface area contributed by atoms with Gasteiger partial charge in [-0.05, 0) is 44.3 Å². The van der Waals surface area contributed by atoms with Crippen LogP contribution in [-0.4, -0.2) is 30.6 Å². The van der Waals surface area contributed by atoms with Crippen LogP contribution < -0.4 is 5.32 Å². The molecule has 0 heterocycles. The largest absolute Gasteiger partial charge is 0.508 e. The van der Waals surface area contributed by atoms with Crippen LogP contribution in [0.5, 0.6) is 5.75 Å². The van der Waals surface area contributed by atoms with Crippen LogP contribution >= 0.6 is 0 Å². The molecule has 2 rings (SSSR count). The zero-order chi connectivity index (χ0) is 15.2. The molecule has 0 aliphatic heterocycles. The van der Waals surface area contributed by atoms with Gasteiger partial charge in [-0.25, -0.2) is 0 Å². The van der Waals surface area contributed by atoms with Crippen LogP contribution in [0.3, 0.4) is 0 Å². The Balaban J connectivity index is 2.02. The number of aromatic hydroxyl groups is 1. The van der Waals surface area contributed by atoms with Crippen LogP contribution in [0, 0.1) is 0 Å². The van der Waals surface area contributed by atoms with Gasteiger partial charge in [0.05, 0.1) is 0 Å². The van der Waals surface area contributed by atoms with E-state index in [-0.39, 0.29) is 6.04 Å². The first kappa shape index (κ1) is 15.5. The highest BCUT2D eigenvalue weighted by Gasteiger charge is 2.15. The predicted molar refractivity (Wildman–Crippen MR) is 87.4 cm³/mol. The normalized spacial score (nSPS) is 14.1. The van der Waals surface area contributed by atoms with Gasteiger partial charge < -0.3 is 15.3 Å². The molecule has 112 valence electrons. The summed E-state index contributed by atoms with van der Waals surface area (Å²) in [5.41, 5.74) is 2.40. The van der Waals surface area contributed by atoms with E-state index in [2.05, 4.69) is 55.5 Å². The van der Waals surface area contributed by atoms with Crippen LogP contribution in [0.2, 0.25) is 0 Å². The Morgan fingerprint density at radius 2 is 1.67 bits per heavy atom. The number of phenols is 1. The van der Waals surface area contributed by atoms with E-state index in [4.69, 9.17) is 0 Å². The van der Waals surface area contributed by atoms with Gasteiger partial charge in [0.15, 0.2) is 0 Å². The molecule has 3 nitrogen and oxygen atoms in total. The maximum absolute atomic E-state index is 9.57. The van der Waals surface area contributed by atoms with Crippen molar-refractivity contribution >= 4 is 0 Å². The summed E-state index contributed by atoms with van der Waals surface area (Å²) in [5, 5.41) is 13.1. The maximum atomic E-state index is 9.57. The summed E-state index contributed by atoms with van der Waals surface area (Å²) in [5.74, 6) is 0.313. The monoisotopic (exact) mass is 284 g/mol. The number of nitrogens with zero attached hydrogens (tertiary/aromatic N) is 1. The molecule has 0 aliphatic carbocycles. The van der Waals surface area contributed by atoms with Crippen LogP contribution in [0.1, 0.15) is 30.1 Å². The molecule has 0 spiro atoms. The summed E-state index contributed by atoms with van der Waals surface area (Å²) in [6.45, 7) is 2.97. The Morgan fingerprint density at radius 3 is 2.29 bits per heavy atom. The van der Waals surface area contributed by atoms with Crippen LogP contribution in [0.4, 0.5) is 0 Å². The molecule has 3 heteroatoms. The predicted octanol–water partition coefficient (Wildman–Crippen LogP) is 3.35. The van der Waals surface area contributed by atoms with Crippen molar-refractivity contribution in [1.29, 1.82) is 0 Å². The highest BCUT2D eigenvalue weighted by atomic mass is 16.3. The van der Waals surface area contributed by atoms with Crippen LogP contribution in [0.15, 0.2) is 54.6 Å². The Morgan fingerprint density at radius 1 is 1.00 bits per heavy atom. The summed E-state index contributed by atoms with van der Waals surface area (Å²) >= 11 is 0. The van der Waals surface area contributed by atoms with E-state index in [1.165, 1.54) is 5.56 Å². The van der Waals surface area contributed by atoms with Crippen molar-refractivity contribution in [1.82, 2.24) is 10.2 Å². The molecular formula is C18H24N2O. The van der Waals surface area contributed by atoms with E-state index >= 15 is 0 Å². The van der Waals surface area contributed by atoms with Gasteiger partial charge in [-0.2, -0.15) is 0 Å². The van der Waals surface area contributed by atoms with E-state index in [0.717, 1.165) is 12.1 Å². The van der Waals surface area contributed by atoms with Crippen molar-refractivity contribution < 1.29 is 5.11 Å². The Bertz CT molecular complexity index is 554. The molecule has 0 bridgehead atoms. The van der Waals surface area contributed by atoms with E-state index in [1.807, 2.05) is 24.3 Å². The first-order chi connectivity index (χ1) is 10.1. The van der Waals surface area contributed by atoms with Gasteiger partial charge in [0.2, 0.25) is 0 Å². The summed E-state index contributed by atoms with van der Waals surface area (Å²) in [4.78, 5) is 2.22. The molecule has 2 atom stereocenters. The average molecular weight is 284 g/mol. The molecule has 2 aromatic rings. The third-order valence-electron chi connectivity index (χ3n) is 3.80. The summed E-state index contributed by atoms with van der Waals surface area (Å²) in [6, 6.07) is 18.4. The van der Waals surface area contributed by atoms with E-state index in [0.29, 0.717) is 11.8 Å². The number of likely N-dealkylation sites (N-methyl/N-ethyl adjacent to an activating group) is 1. The molecule has 2 N–H and O–H groups in total. The number of hydrogen-bond donors (Lipinski definition) is 2. The first-order valence-corrected chi connectivity index (χ1v) is 7.31. The standard InChI is InChI=1S/C18H24N2O/c1-14(16-10-7-11-17(21)12-16)19-13-18(20(2)3)15-8-5-4-6-9-15/h4-12,14,18-19,21H,13H2,1-3H3. The lowest BCUT2D eigenvalue weighted by Crippen LogP contribution is -2.32. The minimum absolute atomic E-state index is 0.197. The fraction of sp³-hybridized carbons (Fsp3) is 0.333. The van der Waals surface area contributed by atoms with Crippen LogP contribution in [-0.2, 0) is 0 Å². The minimum Gasteiger partial charge on any atom is -0.508 e. The molecule has 0 saturated heterocycles. The molecular weight excluding hydrogens is 260 g/mol.